The van der Waals surface area contributed by atoms with Gasteiger partial charge in [0.25, 0.3) is 5.91 Å². The molecule has 3 rings (SSSR count). The van der Waals surface area contributed by atoms with Crippen LogP contribution in [-0.2, 0) is 4.79 Å². The number of hydrogen-bond acceptors (Lipinski definition) is 4. The Labute approximate surface area is 303 Å². The Hall–Kier alpha value is -3.25. The average Bonchev–Trinajstić information content (AvgIpc) is 3.11. The quantitative estimate of drug-likeness (QED) is 0.191. The van der Waals surface area contributed by atoms with Gasteiger partial charge in [0.1, 0.15) is 0 Å². The van der Waals surface area contributed by atoms with Gasteiger partial charge in [-0.15, -0.1) is 0 Å². The standard InChI is InChI=1S/C30H38BrN3O.C4H6O.C4H10.2C2H6/c1-9-26-28(20(5)6)27(33(8)23-13-11-22(12-14-23)19(3)4)17-18-34(26)30(35)24-15-16-25(31)21(7)29(24)32-10-2;1-3-4(2)5;1-3-4-2;2*1-2/h10-16,19,26H,5,9,17-18H2,1-4,6-8H3;3H,1H2,2H3;3-4H2,1-2H3;2*1-2H3. The second-order valence-corrected chi connectivity index (χ2v) is 12.2. The van der Waals surface area contributed by atoms with Crippen molar-refractivity contribution in [1.29, 1.82) is 0 Å². The predicted octanol–water partition coefficient (Wildman–Crippen LogP) is 12.8. The molecule has 0 saturated heterocycles. The number of carbonyl (C=O) groups excluding carboxylic acids is 2. The largest absolute Gasteiger partial charge is 0.348 e. The van der Waals surface area contributed by atoms with Gasteiger partial charge in [0.2, 0.25) is 0 Å². The van der Waals surface area contributed by atoms with Gasteiger partial charge in [0, 0.05) is 42.1 Å². The van der Waals surface area contributed by atoms with Gasteiger partial charge in [0.05, 0.1) is 17.3 Å². The zero-order chi connectivity index (χ0) is 37.6. The van der Waals surface area contributed by atoms with E-state index in [1.165, 1.54) is 37.1 Å². The Morgan fingerprint density at radius 1 is 1.02 bits per heavy atom. The number of ketones is 1. The van der Waals surface area contributed by atoms with Crippen LogP contribution < -0.4 is 4.90 Å². The first-order valence-electron chi connectivity index (χ1n) is 17.7. The Balaban J connectivity index is 0. The highest BCUT2D eigenvalue weighted by Crippen LogP contribution is 2.37. The fraction of sp³-hybridized carbons (Fsp3) is 0.500. The van der Waals surface area contributed by atoms with E-state index < -0.39 is 0 Å². The predicted molar refractivity (Wildman–Crippen MR) is 217 cm³/mol. The number of halogens is 1. The molecule has 1 aliphatic rings. The second-order valence-electron chi connectivity index (χ2n) is 11.4. The molecule has 1 aliphatic heterocycles. The van der Waals surface area contributed by atoms with Crippen molar-refractivity contribution in [2.24, 2.45) is 4.99 Å². The first kappa shape index (κ1) is 46.9. The van der Waals surface area contributed by atoms with E-state index in [0.717, 1.165) is 45.4 Å². The van der Waals surface area contributed by atoms with Crippen molar-refractivity contribution in [2.75, 3.05) is 18.5 Å². The van der Waals surface area contributed by atoms with Crippen LogP contribution in [0.5, 0.6) is 0 Å². The Kier molecular flexibility index (Phi) is 25.1. The lowest BCUT2D eigenvalue weighted by Crippen LogP contribution is -2.47. The molecule has 0 aliphatic carbocycles. The number of allylic oxidation sites excluding steroid dienone is 1. The summed E-state index contributed by atoms with van der Waals surface area (Å²) in [6, 6.07) is 12.6. The van der Waals surface area contributed by atoms with Gasteiger partial charge in [-0.3, -0.25) is 14.6 Å². The number of rotatable bonds is 9. The summed E-state index contributed by atoms with van der Waals surface area (Å²) in [7, 11) is 2.12. The summed E-state index contributed by atoms with van der Waals surface area (Å²) in [6.07, 6.45) is 7.25. The molecule has 268 valence electrons. The molecule has 5 nitrogen and oxygen atoms in total. The van der Waals surface area contributed by atoms with E-state index in [2.05, 4.69) is 112 Å². The second kappa shape index (κ2) is 25.7. The van der Waals surface area contributed by atoms with Crippen LogP contribution in [0.3, 0.4) is 0 Å². The molecule has 6 heteroatoms. The molecule has 2 aromatic rings. The van der Waals surface area contributed by atoms with Gasteiger partial charge in [-0.2, -0.15) is 0 Å². The molecule has 1 amide bonds. The van der Waals surface area contributed by atoms with Crippen LogP contribution in [0.1, 0.15) is 136 Å². The molecule has 2 aromatic carbocycles. The fourth-order valence-electron chi connectivity index (χ4n) is 4.95. The number of unbranched alkanes of at least 4 members (excludes halogenated alkanes) is 1. The number of aliphatic imine (C=N–C) groups is 1. The van der Waals surface area contributed by atoms with Gasteiger partial charge in [-0.25, -0.2) is 0 Å². The highest BCUT2D eigenvalue weighted by molar-refractivity contribution is 9.10. The third-order valence-electron chi connectivity index (χ3n) is 7.71. The topological polar surface area (TPSA) is 53.0 Å². The number of anilines is 1. The maximum atomic E-state index is 13.9. The average molecular weight is 725 g/mol. The number of nitrogens with zero attached hydrogens (tertiary/aromatic N) is 3. The molecule has 0 spiro atoms. The molecule has 0 fully saturated rings. The number of carbonyl (C=O) groups is 2. The molecule has 1 unspecified atom stereocenters. The third kappa shape index (κ3) is 14.1. The van der Waals surface area contributed by atoms with Crippen molar-refractivity contribution in [1.82, 2.24) is 4.90 Å². The molecule has 0 aromatic heterocycles. The molecule has 0 saturated carbocycles. The van der Waals surface area contributed by atoms with Crippen LogP contribution in [0.2, 0.25) is 0 Å². The molecule has 48 heavy (non-hydrogen) atoms. The summed E-state index contributed by atoms with van der Waals surface area (Å²) in [5.41, 5.74) is 8.24. The minimum absolute atomic E-state index is 0.0185. The molecule has 1 atom stereocenters. The lowest BCUT2D eigenvalue weighted by atomic mass is 9.88. The van der Waals surface area contributed by atoms with E-state index >= 15 is 0 Å². The van der Waals surface area contributed by atoms with E-state index in [9.17, 15) is 9.59 Å². The van der Waals surface area contributed by atoms with Gasteiger partial charge < -0.3 is 9.80 Å². The van der Waals surface area contributed by atoms with Gasteiger partial charge >= 0.3 is 0 Å². The molecular weight excluding hydrogens is 658 g/mol. The van der Waals surface area contributed by atoms with Crippen LogP contribution in [0, 0.1) is 6.92 Å². The van der Waals surface area contributed by atoms with Crippen molar-refractivity contribution in [2.45, 2.75) is 128 Å². The van der Waals surface area contributed by atoms with Crippen LogP contribution in [0.4, 0.5) is 11.4 Å². The van der Waals surface area contributed by atoms with E-state index in [4.69, 9.17) is 0 Å². The number of benzene rings is 2. The SMILES string of the molecule is C=C(C)C1=C(N(C)c2ccc(C(C)C)cc2)CCN(C(=O)c2ccc(Br)c(C)c2N=CC)C1CC.C=CC(C)=O.CC.CC.CCCC. The number of hydrogen-bond donors (Lipinski definition) is 0. The maximum Gasteiger partial charge on any atom is 0.256 e. The summed E-state index contributed by atoms with van der Waals surface area (Å²) in [5.74, 6) is 0.544. The molecular formula is C42H66BrN3O2. The first-order chi connectivity index (χ1) is 22.8. The summed E-state index contributed by atoms with van der Waals surface area (Å²) in [6.45, 7) is 34.5. The van der Waals surface area contributed by atoms with Crippen molar-refractivity contribution in [3.8, 4) is 0 Å². The zero-order valence-corrected chi connectivity index (χ0v) is 34.3. The van der Waals surface area contributed by atoms with E-state index in [0.29, 0.717) is 18.0 Å². The highest BCUT2D eigenvalue weighted by atomic mass is 79.9. The monoisotopic (exact) mass is 723 g/mol. The summed E-state index contributed by atoms with van der Waals surface area (Å²) in [5, 5.41) is 0. The van der Waals surface area contributed by atoms with Crippen LogP contribution >= 0.6 is 15.9 Å². The first-order valence-corrected chi connectivity index (χ1v) is 18.5. The summed E-state index contributed by atoms with van der Waals surface area (Å²) in [4.78, 5) is 32.4. The minimum atomic E-state index is -0.0384. The molecule has 0 radical (unpaired) electrons. The van der Waals surface area contributed by atoms with Crippen molar-refractivity contribution in [3.63, 3.8) is 0 Å². The van der Waals surface area contributed by atoms with Crippen LogP contribution in [0.25, 0.3) is 0 Å². The van der Waals surface area contributed by atoms with Crippen molar-refractivity contribution >= 4 is 45.2 Å². The molecule has 0 bridgehead atoms. The van der Waals surface area contributed by atoms with E-state index in [1.807, 2.05) is 58.6 Å². The van der Waals surface area contributed by atoms with Crippen molar-refractivity contribution in [3.05, 3.63) is 93.6 Å². The van der Waals surface area contributed by atoms with Gasteiger partial charge in [-0.1, -0.05) is 122 Å². The van der Waals surface area contributed by atoms with E-state index in [-0.39, 0.29) is 17.7 Å². The zero-order valence-electron chi connectivity index (χ0n) is 32.8. The summed E-state index contributed by atoms with van der Waals surface area (Å²) < 4.78 is 0.954. The number of amides is 1. The maximum absolute atomic E-state index is 13.9. The van der Waals surface area contributed by atoms with Gasteiger partial charge in [0.15, 0.2) is 5.78 Å². The normalized spacial score (nSPS) is 13.5. The fourth-order valence-corrected chi connectivity index (χ4v) is 5.27. The lowest BCUT2D eigenvalue weighted by Gasteiger charge is -2.41. The minimum Gasteiger partial charge on any atom is -0.348 e. The summed E-state index contributed by atoms with van der Waals surface area (Å²) >= 11 is 3.58. The third-order valence-corrected chi connectivity index (χ3v) is 8.57. The Morgan fingerprint density at radius 2 is 1.54 bits per heavy atom. The van der Waals surface area contributed by atoms with E-state index in [1.54, 1.807) is 6.21 Å². The smallest absolute Gasteiger partial charge is 0.256 e. The van der Waals surface area contributed by atoms with Crippen LogP contribution in [-0.4, -0.2) is 42.4 Å². The van der Waals surface area contributed by atoms with Crippen molar-refractivity contribution < 1.29 is 9.59 Å². The van der Waals surface area contributed by atoms with Gasteiger partial charge in [-0.05, 0) is 87.1 Å². The highest BCUT2D eigenvalue weighted by Gasteiger charge is 2.35. The Bertz CT molecular complexity index is 1340. The van der Waals surface area contributed by atoms with Crippen LogP contribution in [0.15, 0.2) is 81.9 Å². The molecule has 1 heterocycles. The molecule has 0 N–H and O–H groups in total. The lowest BCUT2D eigenvalue weighted by molar-refractivity contribution is -0.112. The Morgan fingerprint density at radius 3 is 1.94 bits per heavy atom.